The van der Waals surface area contributed by atoms with E-state index in [0.717, 1.165) is 22.4 Å². The molecule has 0 saturated carbocycles. The molecular formula is C20H20N4O4. The SMILES string of the molecule is COc1ccc(-c2cc(C)cc3c2O[C@H](CNC(=O)c2cc(C)on2)C3)nn1. The van der Waals surface area contributed by atoms with Crippen LogP contribution in [0.2, 0.25) is 0 Å². The highest BCUT2D eigenvalue weighted by Gasteiger charge is 2.27. The number of hydrogen-bond acceptors (Lipinski definition) is 7. The molecule has 0 fully saturated rings. The molecule has 1 aromatic carbocycles. The molecule has 4 rings (SSSR count). The second-order valence-electron chi connectivity index (χ2n) is 6.74. The molecular weight excluding hydrogens is 360 g/mol. The average Bonchev–Trinajstić information content (AvgIpc) is 3.31. The molecule has 0 spiro atoms. The van der Waals surface area contributed by atoms with Gasteiger partial charge in [0.15, 0.2) is 5.69 Å². The largest absolute Gasteiger partial charge is 0.487 e. The number of rotatable bonds is 5. The van der Waals surface area contributed by atoms with Crippen LogP contribution in [-0.2, 0) is 6.42 Å². The number of amides is 1. The number of ether oxygens (including phenoxy) is 2. The molecule has 0 saturated heterocycles. The van der Waals surface area contributed by atoms with Crippen molar-refractivity contribution in [1.29, 1.82) is 0 Å². The van der Waals surface area contributed by atoms with Crippen molar-refractivity contribution in [3.8, 4) is 22.9 Å². The van der Waals surface area contributed by atoms with Crippen LogP contribution in [0.1, 0.15) is 27.4 Å². The Morgan fingerprint density at radius 2 is 2.11 bits per heavy atom. The third-order valence-corrected chi connectivity index (χ3v) is 4.52. The Morgan fingerprint density at radius 3 is 2.79 bits per heavy atom. The minimum Gasteiger partial charge on any atom is -0.487 e. The molecule has 28 heavy (non-hydrogen) atoms. The van der Waals surface area contributed by atoms with E-state index in [1.165, 1.54) is 0 Å². The van der Waals surface area contributed by atoms with Gasteiger partial charge in [-0.05, 0) is 37.1 Å². The third kappa shape index (κ3) is 3.53. The van der Waals surface area contributed by atoms with E-state index in [1.807, 2.05) is 19.1 Å². The molecule has 0 radical (unpaired) electrons. The Balaban J connectivity index is 1.50. The van der Waals surface area contributed by atoms with Crippen LogP contribution < -0.4 is 14.8 Å². The highest BCUT2D eigenvalue weighted by atomic mass is 16.5. The van der Waals surface area contributed by atoms with Crippen LogP contribution >= 0.6 is 0 Å². The van der Waals surface area contributed by atoms with Crippen molar-refractivity contribution in [2.75, 3.05) is 13.7 Å². The lowest BCUT2D eigenvalue weighted by atomic mass is 10.0. The predicted octanol–water partition coefficient (Wildman–Crippen LogP) is 2.49. The van der Waals surface area contributed by atoms with Gasteiger partial charge < -0.3 is 19.3 Å². The highest BCUT2D eigenvalue weighted by Crippen LogP contribution is 2.39. The lowest BCUT2D eigenvalue weighted by Crippen LogP contribution is -2.34. The molecule has 8 heteroatoms. The topological polar surface area (TPSA) is 99.4 Å². The quantitative estimate of drug-likeness (QED) is 0.726. The second-order valence-corrected chi connectivity index (χ2v) is 6.74. The van der Waals surface area contributed by atoms with Crippen molar-refractivity contribution in [2.45, 2.75) is 26.4 Å². The monoisotopic (exact) mass is 380 g/mol. The van der Waals surface area contributed by atoms with Gasteiger partial charge in [0.05, 0.1) is 19.3 Å². The third-order valence-electron chi connectivity index (χ3n) is 4.52. The van der Waals surface area contributed by atoms with Gasteiger partial charge in [-0.3, -0.25) is 4.79 Å². The summed E-state index contributed by atoms with van der Waals surface area (Å²) >= 11 is 0. The van der Waals surface area contributed by atoms with Crippen molar-refractivity contribution >= 4 is 5.91 Å². The maximum atomic E-state index is 12.2. The van der Waals surface area contributed by atoms with E-state index >= 15 is 0 Å². The molecule has 1 amide bonds. The van der Waals surface area contributed by atoms with Gasteiger partial charge in [-0.2, -0.15) is 0 Å². The summed E-state index contributed by atoms with van der Waals surface area (Å²) in [6, 6.07) is 9.34. The van der Waals surface area contributed by atoms with Gasteiger partial charge in [-0.25, -0.2) is 0 Å². The van der Waals surface area contributed by atoms with E-state index in [1.54, 1.807) is 26.2 Å². The maximum Gasteiger partial charge on any atom is 0.273 e. The highest BCUT2D eigenvalue weighted by molar-refractivity contribution is 5.92. The summed E-state index contributed by atoms with van der Waals surface area (Å²) in [5.41, 5.74) is 4.05. The molecule has 0 aliphatic carbocycles. The molecule has 144 valence electrons. The zero-order chi connectivity index (χ0) is 19.7. The fourth-order valence-electron chi connectivity index (χ4n) is 3.24. The molecule has 0 unspecified atom stereocenters. The summed E-state index contributed by atoms with van der Waals surface area (Å²) in [5, 5.41) is 14.9. The van der Waals surface area contributed by atoms with Crippen molar-refractivity contribution in [1.82, 2.24) is 20.7 Å². The van der Waals surface area contributed by atoms with E-state index in [-0.39, 0.29) is 17.7 Å². The van der Waals surface area contributed by atoms with Crippen LogP contribution in [0, 0.1) is 13.8 Å². The summed E-state index contributed by atoms with van der Waals surface area (Å²) in [4.78, 5) is 12.2. The number of methoxy groups -OCH3 is 1. The van der Waals surface area contributed by atoms with Crippen LogP contribution in [0.15, 0.2) is 34.9 Å². The number of benzene rings is 1. The van der Waals surface area contributed by atoms with E-state index in [4.69, 9.17) is 14.0 Å². The van der Waals surface area contributed by atoms with Crippen LogP contribution in [0.3, 0.4) is 0 Å². The second kappa shape index (κ2) is 7.30. The van der Waals surface area contributed by atoms with Gasteiger partial charge in [-0.15, -0.1) is 10.2 Å². The average molecular weight is 380 g/mol. The summed E-state index contributed by atoms with van der Waals surface area (Å²) in [6.07, 6.45) is 0.532. The minimum absolute atomic E-state index is 0.168. The Hall–Kier alpha value is -3.42. The first kappa shape index (κ1) is 18.0. The first-order valence-corrected chi connectivity index (χ1v) is 8.93. The van der Waals surface area contributed by atoms with E-state index in [0.29, 0.717) is 30.3 Å². The van der Waals surface area contributed by atoms with Crippen LogP contribution in [0.25, 0.3) is 11.3 Å². The molecule has 1 N–H and O–H groups in total. The van der Waals surface area contributed by atoms with Gasteiger partial charge in [0.1, 0.15) is 17.6 Å². The number of nitrogens with one attached hydrogen (secondary N) is 1. The number of hydrogen-bond donors (Lipinski definition) is 1. The van der Waals surface area contributed by atoms with Gasteiger partial charge >= 0.3 is 0 Å². The van der Waals surface area contributed by atoms with Crippen molar-refractivity contribution in [3.63, 3.8) is 0 Å². The zero-order valence-electron chi connectivity index (χ0n) is 15.9. The van der Waals surface area contributed by atoms with Crippen LogP contribution in [0.5, 0.6) is 11.6 Å². The molecule has 1 aliphatic rings. The standard InChI is InChI=1S/C20H20N4O4/c1-11-6-13-9-14(10-21-20(25)17-8-12(2)28-24-17)27-19(13)15(7-11)16-4-5-18(26-3)23-22-16/h4-8,14H,9-10H2,1-3H3,(H,21,25)/t14-/m0/s1. The Bertz CT molecular complexity index is 1010. The Labute approximate surface area is 161 Å². The number of nitrogens with zero attached hydrogens (tertiary/aromatic N) is 3. The Kier molecular flexibility index (Phi) is 4.68. The van der Waals surface area contributed by atoms with Crippen molar-refractivity contribution in [2.24, 2.45) is 0 Å². The number of fused-ring (bicyclic) bond motifs is 1. The molecule has 0 bridgehead atoms. The van der Waals surface area contributed by atoms with Gasteiger partial charge in [0, 0.05) is 24.1 Å². The van der Waals surface area contributed by atoms with Gasteiger partial charge in [0.25, 0.3) is 5.91 Å². The number of carbonyl (C=O) groups is 1. The van der Waals surface area contributed by atoms with E-state index in [9.17, 15) is 4.79 Å². The lowest BCUT2D eigenvalue weighted by Gasteiger charge is -2.13. The van der Waals surface area contributed by atoms with Crippen molar-refractivity contribution < 1.29 is 18.8 Å². The van der Waals surface area contributed by atoms with E-state index in [2.05, 4.69) is 26.7 Å². The number of aryl methyl sites for hydroxylation is 2. The number of aromatic nitrogens is 3. The van der Waals surface area contributed by atoms with Crippen LogP contribution in [-0.4, -0.2) is 41.0 Å². The van der Waals surface area contributed by atoms with Crippen molar-refractivity contribution in [3.05, 3.63) is 52.9 Å². The first-order chi connectivity index (χ1) is 13.5. The fraction of sp³-hybridized carbons (Fsp3) is 0.300. The lowest BCUT2D eigenvalue weighted by molar-refractivity contribution is 0.0924. The maximum absolute atomic E-state index is 12.2. The number of carbonyl (C=O) groups excluding carboxylic acids is 1. The normalized spacial score (nSPS) is 15.0. The summed E-state index contributed by atoms with van der Waals surface area (Å²) < 4.78 is 16.2. The summed E-state index contributed by atoms with van der Waals surface area (Å²) in [6.45, 7) is 4.14. The first-order valence-electron chi connectivity index (χ1n) is 8.93. The van der Waals surface area contributed by atoms with E-state index < -0.39 is 0 Å². The smallest absolute Gasteiger partial charge is 0.273 e. The predicted molar refractivity (Wildman–Crippen MR) is 100 cm³/mol. The Morgan fingerprint density at radius 1 is 1.25 bits per heavy atom. The van der Waals surface area contributed by atoms with Gasteiger partial charge in [-0.1, -0.05) is 11.2 Å². The fourth-order valence-corrected chi connectivity index (χ4v) is 3.24. The van der Waals surface area contributed by atoms with Gasteiger partial charge in [0.2, 0.25) is 5.88 Å². The molecule has 1 atom stereocenters. The van der Waals surface area contributed by atoms with Crippen LogP contribution in [0.4, 0.5) is 0 Å². The minimum atomic E-state index is -0.283. The zero-order valence-corrected chi connectivity index (χ0v) is 15.9. The summed E-state index contributed by atoms with van der Waals surface area (Å²) in [7, 11) is 1.55. The molecule has 1 aliphatic heterocycles. The molecule has 3 aromatic rings. The summed E-state index contributed by atoms with van der Waals surface area (Å²) in [5.74, 6) is 1.54. The molecule has 2 aromatic heterocycles. The molecule has 3 heterocycles. The molecule has 8 nitrogen and oxygen atoms in total.